The predicted octanol–water partition coefficient (Wildman–Crippen LogP) is -14.0. The third-order valence-electron chi connectivity index (χ3n) is 18.2. The molecule has 21 aliphatic rings. The highest BCUT2D eigenvalue weighted by Crippen LogP contribution is 2.39. The molecule has 14 bridgehead atoms. The van der Waals surface area contributed by atoms with Gasteiger partial charge in [0.25, 0.3) is 0 Å². The van der Waals surface area contributed by atoms with E-state index in [1.807, 2.05) is 40.1 Å². The Morgan fingerprint density at radius 1 is 0.330 bits per heavy atom. The van der Waals surface area contributed by atoms with E-state index in [0.29, 0.717) is 37.0 Å². The first-order valence-corrected chi connectivity index (χ1v) is 32.1. The fourth-order valence-electron chi connectivity index (χ4n) is 12.7. The molecule has 0 aromatic carbocycles. The molecule has 21 rings (SSSR count). The minimum Gasteiger partial charge on any atom is -0.463 e. The van der Waals surface area contributed by atoms with Crippen LogP contribution in [0, 0.1) is 0 Å². The van der Waals surface area contributed by atoms with E-state index in [2.05, 4.69) is 0 Å². The third-order valence-corrected chi connectivity index (χ3v) is 18.2. The van der Waals surface area contributed by atoms with Crippen molar-refractivity contribution >= 4 is 11.9 Å². The first kappa shape index (κ1) is 80.2. The van der Waals surface area contributed by atoms with Crippen molar-refractivity contribution in [2.24, 2.45) is 0 Å². The quantitative estimate of drug-likeness (QED) is 0.0422. The molecule has 21 fully saturated rings. The zero-order chi connectivity index (χ0) is 71.2. The first-order chi connectivity index (χ1) is 45.9. The van der Waals surface area contributed by atoms with Gasteiger partial charge in [-0.3, -0.25) is 9.59 Å². The lowest BCUT2D eigenvalue weighted by Crippen LogP contribution is -2.68. The van der Waals surface area contributed by atoms with E-state index in [0.717, 1.165) is 6.54 Å². The number of quaternary nitrogens is 1. The molecule has 20 N–H and O–H groups in total. The van der Waals surface area contributed by atoms with Gasteiger partial charge in [-0.2, -0.15) is 0 Å². The molecular formula is C57H100N3O37+. The van der Waals surface area contributed by atoms with Crippen LogP contribution in [0.4, 0.5) is 0 Å². The molecule has 0 radical (unpaired) electrons. The van der Waals surface area contributed by atoms with Crippen LogP contribution >= 0.6 is 0 Å². The maximum absolute atomic E-state index is 13.7. The Bertz CT molecular complexity index is 2400. The normalized spacial score (nSPS) is 46.5. The average Bonchev–Trinajstić information content (AvgIpc) is 0.788. The van der Waals surface area contributed by atoms with Crippen molar-refractivity contribution < 1.29 is 187 Å². The van der Waals surface area contributed by atoms with Crippen molar-refractivity contribution in [2.45, 2.75) is 241 Å². The number of esters is 1. The van der Waals surface area contributed by atoms with Crippen molar-refractivity contribution in [1.82, 2.24) is 9.80 Å². The molecule has 0 spiro atoms. The number of hydrogen-bond acceptors (Lipinski definition) is 38. The van der Waals surface area contributed by atoms with Gasteiger partial charge in [0.15, 0.2) is 44.0 Å². The van der Waals surface area contributed by atoms with Crippen LogP contribution in [0.2, 0.25) is 0 Å². The number of carbonyl (C=O) groups is 2. The Hall–Kier alpha value is -2.50. The third kappa shape index (κ3) is 18.7. The number of ether oxygens (including phenoxy) is 15. The zero-order valence-electron chi connectivity index (χ0n) is 54.0. The summed E-state index contributed by atoms with van der Waals surface area (Å²) >= 11 is 0. The second kappa shape index (κ2) is 35.3. The fraction of sp³-hybridized carbons (Fsp3) is 0.965. The fourth-order valence-corrected chi connectivity index (χ4v) is 12.7. The lowest BCUT2D eigenvalue weighted by atomic mass is 9.95. The standard InChI is InChI=1S/C57H100N3O37/c1-58(2)10-6-11-59(12-7-13-60(3,4)5)28(67)8-9-29(68)83-20-27-50-36(75)43(82)57(90-27)96-49-26(19-66)88-55(41(80)34(49)73)94-47-24(17-64)86-53(39(78)32(47)71)92-45-22(15-62)84-51(37(76)30(45)69)91-44-21(14-61)85-52(38(77)31(44)70)93-46-23(16-63)87-54(40(79)33(46)72)95-48-25(18-65)89-56(97-50)42(81)35(48)74/h21-27,30-57,61-66,69-82H,6-20H2,1-5H3/q+1. The SMILES string of the molecule is CN(C)CCCN(CCC[N+](C)(C)C)C(=O)CCC(=O)OCC1OC2OC3C(CO)OC(OC4C(CO)OC(OC5C(CO)OC(OC6C(CO)OC(OC7C(CO)OC(OC8C(CO)OC(OC1C(O)C2O)C(O)C8O)C(O)C7O)C(O)C6O)C(O)C5O)C(O)C4O)C(O)C3O. The minimum absolute atomic E-state index is 0.323. The molecule has 35 unspecified atom stereocenters. The summed E-state index contributed by atoms with van der Waals surface area (Å²) in [7, 11) is 9.76. The van der Waals surface area contributed by atoms with Crippen LogP contribution in [-0.2, 0) is 80.6 Å². The molecule has 21 heterocycles. The molecule has 1 amide bonds. The Balaban J connectivity index is 1.08. The first-order valence-electron chi connectivity index (χ1n) is 32.1. The number of aliphatic hydroxyl groups excluding tert-OH is 20. The molecule has 0 saturated carbocycles. The van der Waals surface area contributed by atoms with Gasteiger partial charge in [0.05, 0.1) is 73.7 Å². The maximum atomic E-state index is 13.7. The van der Waals surface area contributed by atoms with Gasteiger partial charge in [0.2, 0.25) is 5.91 Å². The molecule has 40 nitrogen and oxygen atoms in total. The van der Waals surface area contributed by atoms with Gasteiger partial charge in [0.1, 0.15) is 178 Å². The summed E-state index contributed by atoms with van der Waals surface area (Å²) in [6.45, 7) is -5.26. The number of nitrogens with zero attached hydrogens (tertiary/aromatic N) is 3. The van der Waals surface area contributed by atoms with Gasteiger partial charge in [-0.05, 0) is 27.1 Å². The summed E-state index contributed by atoms with van der Waals surface area (Å²) in [5, 5.41) is 225. The summed E-state index contributed by atoms with van der Waals surface area (Å²) in [5.74, 6) is -1.37. The van der Waals surface area contributed by atoms with E-state index >= 15 is 0 Å². The number of amides is 1. The van der Waals surface area contributed by atoms with Crippen molar-refractivity contribution in [3.63, 3.8) is 0 Å². The van der Waals surface area contributed by atoms with Gasteiger partial charge in [-0.25, -0.2) is 0 Å². The Kier molecular flexibility index (Phi) is 29.2. The van der Waals surface area contributed by atoms with E-state index in [1.165, 1.54) is 0 Å². The highest BCUT2D eigenvalue weighted by Gasteiger charge is 2.60. The zero-order valence-corrected chi connectivity index (χ0v) is 54.0. The van der Waals surface area contributed by atoms with Crippen LogP contribution in [0.15, 0.2) is 0 Å². The smallest absolute Gasteiger partial charge is 0.306 e. The van der Waals surface area contributed by atoms with Crippen LogP contribution in [0.1, 0.15) is 25.7 Å². The van der Waals surface area contributed by atoms with E-state index in [1.54, 1.807) is 4.90 Å². The van der Waals surface area contributed by atoms with Gasteiger partial charge in [0, 0.05) is 25.9 Å². The van der Waals surface area contributed by atoms with Crippen molar-refractivity contribution in [3.8, 4) is 0 Å². The highest BCUT2D eigenvalue weighted by molar-refractivity contribution is 5.81. The average molecular weight is 1420 g/mol. The molecule has 21 saturated heterocycles. The topological polar surface area (TPSA) is 584 Å². The van der Waals surface area contributed by atoms with E-state index in [9.17, 15) is 112 Å². The highest BCUT2D eigenvalue weighted by atomic mass is 16.8. The Labute approximate surface area is 556 Å². The maximum Gasteiger partial charge on any atom is 0.306 e. The lowest BCUT2D eigenvalue weighted by molar-refractivity contribution is -0.870. The Morgan fingerprint density at radius 3 is 0.804 bits per heavy atom. The lowest BCUT2D eigenvalue weighted by Gasteiger charge is -2.50. The molecule has 97 heavy (non-hydrogen) atoms. The second-order valence-electron chi connectivity index (χ2n) is 26.6. The van der Waals surface area contributed by atoms with Gasteiger partial charge in [-0.1, -0.05) is 0 Å². The van der Waals surface area contributed by atoms with Crippen molar-refractivity contribution in [3.05, 3.63) is 0 Å². The van der Waals surface area contributed by atoms with Crippen LogP contribution < -0.4 is 0 Å². The Morgan fingerprint density at radius 2 is 0.567 bits per heavy atom. The van der Waals surface area contributed by atoms with Crippen LogP contribution in [0.3, 0.4) is 0 Å². The molecule has 21 aliphatic heterocycles. The number of rotatable bonds is 19. The predicted molar refractivity (Wildman–Crippen MR) is 309 cm³/mol. The summed E-state index contributed by atoms with van der Waals surface area (Å²) in [6.07, 6.45) is -72.0. The summed E-state index contributed by atoms with van der Waals surface area (Å²) in [4.78, 5) is 30.8. The van der Waals surface area contributed by atoms with E-state index < -0.39 is 274 Å². The van der Waals surface area contributed by atoms with Gasteiger partial charge >= 0.3 is 5.97 Å². The molecule has 0 aromatic heterocycles. The number of carbonyl (C=O) groups excluding carboxylic acids is 2. The molecule has 0 aliphatic carbocycles. The second-order valence-corrected chi connectivity index (χ2v) is 26.6. The number of aliphatic hydroxyl groups is 20. The number of hydrogen-bond donors (Lipinski definition) is 20. The van der Waals surface area contributed by atoms with Crippen LogP contribution in [0.25, 0.3) is 0 Å². The molecule has 564 valence electrons. The van der Waals surface area contributed by atoms with Crippen LogP contribution in [0.5, 0.6) is 0 Å². The molecule has 0 aromatic rings. The molecule has 35 atom stereocenters. The van der Waals surface area contributed by atoms with E-state index in [-0.39, 0.29) is 12.3 Å². The molecule has 40 heteroatoms. The largest absolute Gasteiger partial charge is 0.463 e. The minimum atomic E-state index is -2.32. The van der Waals surface area contributed by atoms with Crippen molar-refractivity contribution in [2.75, 3.05) is 108 Å². The van der Waals surface area contributed by atoms with Gasteiger partial charge < -0.3 is 187 Å². The summed E-state index contributed by atoms with van der Waals surface area (Å²) in [6, 6.07) is 0. The van der Waals surface area contributed by atoms with Crippen LogP contribution in [-0.4, -0.2) is 451 Å². The van der Waals surface area contributed by atoms with E-state index in [4.69, 9.17) is 71.1 Å². The summed E-state index contributed by atoms with van der Waals surface area (Å²) < 4.78 is 87.5. The van der Waals surface area contributed by atoms with Gasteiger partial charge in [-0.15, -0.1) is 0 Å². The molecular weight excluding hydrogens is 1320 g/mol. The monoisotopic (exact) mass is 1420 g/mol. The van der Waals surface area contributed by atoms with Crippen molar-refractivity contribution in [1.29, 1.82) is 0 Å². The summed E-state index contributed by atoms with van der Waals surface area (Å²) in [5.41, 5.74) is 0.